The Morgan fingerprint density at radius 2 is 2.20 bits per heavy atom. The minimum Gasteiger partial charge on any atom is -0.478 e. The van der Waals surface area contributed by atoms with Gasteiger partial charge in [0.15, 0.2) is 0 Å². The lowest BCUT2D eigenvalue weighted by molar-refractivity contribution is 0.0695. The first-order valence-electron chi connectivity index (χ1n) is 4.69. The van der Waals surface area contributed by atoms with Gasteiger partial charge in [-0.2, -0.15) is 0 Å². The van der Waals surface area contributed by atoms with Gasteiger partial charge < -0.3 is 10.8 Å². The van der Waals surface area contributed by atoms with Gasteiger partial charge in [0.25, 0.3) is 0 Å². The minimum atomic E-state index is -1.11. The molecule has 4 heteroatoms. The Labute approximate surface area is 87.7 Å². The van der Waals surface area contributed by atoms with Crippen LogP contribution < -0.4 is 5.73 Å². The Balaban J connectivity index is 3.17. The van der Waals surface area contributed by atoms with Gasteiger partial charge in [-0.25, -0.2) is 9.18 Å². The standard InChI is InChI=1S/C11H14FNO2/c1-6(13)3-8-4-9(11(14)15)7(2)10(12)5-8/h4-6H,3,13H2,1-2H3,(H,14,15). The van der Waals surface area contributed by atoms with Crippen molar-refractivity contribution in [3.05, 3.63) is 34.6 Å². The van der Waals surface area contributed by atoms with Crippen molar-refractivity contribution in [2.75, 3.05) is 0 Å². The van der Waals surface area contributed by atoms with E-state index >= 15 is 0 Å². The number of hydrogen-bond donors (Lipinski definition) is 2. The van der Waals surface area contributed by atoms with E-state index in [0.29, 0.717) is 12.0 Å². The molecule has 0 bridgehead atoms. The highest BCUT2D eigenvalue weighted by molar-refractivity contribution is 5.89. The number of carboxylic acids is 1. The second kappa shape index (κ2) is 4.40. The molecule has 1 aromatic rings. The lowest BCUT2D eigenvalue weighted by atomic mass is 10.0. The van der Waals surface area contributed by atoms with Crippen molar-refractivity contribution >= 4 is 5.97 Å². The summed E-state index contributed by atoms with van der Waals surface area (Å²) in [6.07, 6.45) is 0.470. The summed E-state index contributed by atoms with van der Waals surface area (Å²) in [5, 5.41) is 8.85. The number of carboxylic acid groups (broad SMARTS) is 1. The summed E-state index contributed by atoms with van der Waals surface area (Å²) in [6.45, 7) is 3.24. The topological polar surface area (TPSA) is 63.3 Å². The lowest BCUT2D eigenvalue weighted by Gasteiger charge is -2.09. The van der Waals surface area contributed by atoms with Crippen LogP contribution >= 0.6 is 0 Å². The SMILES string of the molecule is Cc1c(F)cc(CC(C)N)cc1C(=O)O. The average Bonchev–Trinajstić information content (AvgIpc) is 2.09. The first-order chi connectivity index (χ1) is 6.91. The molecule has 0 heterocycles. The number of rotatable bonds is 3. The predicted molar refractivity (Wildman–Crippen MR) is 55.4 cm³/mol. The summed E-state index contributed by atoms with van der Waals surface area (Å²) in [4.78, 5) is 10.8. The largest absolute Gasteiger partial charge is 0.478 e. The van der Waals surface area contributed by atoms with Crippen molar-refractivity contribution in [1.82, 2.24) is 0 Å². The zero-order valence-electron chi connectivity index (χ0n) is 8.75. The molecule has 0 saturated heterocycles. The van der Waals surface area contributed by atoms with Crippen LogP contribution in [0, 0.1) is 12.7 Å². The van der Waals surface area contributed by atoms with E-state index in [-0.39, 0.29) is 17.2 Å². The number of nitrogens with two attached hydrogens (primary N) is 1. The monoisotopic (exact) mass is 211 g/mol. The maximum atomic E-state index is 13.3. The fraction of sp³-hybridized carbons (Fsp3) is 0.364. The molecule has 0 aromatic heterocycles. The van der Waals surface area contributed by atoms with Gasteiger partial charge >= 0.3 is 5.97 Å². The van der Waals surface area contributed by atoms with E-state index in [1.165, 1.54) is 19.1 Å². The van der Waals surface area contributed by atoms with E-state index in [4.69, 9.17) is 10.8 Å². The third-order valence-electron chi connectivity index (χ3n) is 2.19. The molecule has 0 aliphatic heterocycles. The van der Waals surface area contributed by atoms with Crippen LogP contribution in [0.4, 0.5) is 4.39 Å². The van der Waals surface area contributed by atoms with Crippen molar-refractivity contribution in [3.8, 4) is 0 Å². The highest BCUT2D eigenvalue weighted by atomic mass is 19.1. The zero-order chi connectivity index (χ0) is 11.6. The van der Waals surface area contributed by atoms with E-state index in [0.717, 1.165) is 0 Å². The van der Waals surface area contributed by atoms with Crippen molar-refractivity contribution in [3.63, 3.8) is 0 Å². The number of carbonyl (C=O) groups is 1. The first kappa shape index (κ1) is 11.7. The van der Waals surface area contributed by atoms with Gasteiger partial charge in [0.05, 0.1) is 5.56 Å². The Kier molecular flexibility index (Phi) is 3.42. The molecule has 0 fully saturated rings. The van der Waals surface area contributed by atoms with Crippen molar-refractivity contribution in [1.29, 1.82) is 0 Å². The van der Waals surface area contributed by atoms with Crippen LogP contribution in [0.1, 0.15) is 28.4 Å². The first-order valence-corrected chi connectivity index (χ1v) is 4.69. The molecular formula is C11H14FNO2. The average molecular weight is 211 g/mol. The summed E-state index contributed by atoms with van der Waals surface area (Å²) in [6, 6.07) is 2.70. The van der Waals surface area contributed by atoms with Crippen LogP contribution in [-0.4, -0.2) is 17.1 Å². The molecule has 1 unspecified atom stereocenters. The van der Waals surface area contributed by atoms with Crippen molar-refractivity contribution in [2.24, 2.45) is 5.73 Å². The maximum Gasteiger partial charge on any atom is 0.336 e. The van der Waals surface area contributed by atoms with Gasteiger partial charge in [-0.1, -0.05) is 0 Å². The Morgan fingerprint density at radius 1 is 1.60 bits per heavy atom. The summed E-state index contributed by atoms with van der Waals surface area (Å²) in [5.74, 6) is -1.61. The zero-order valence-corrected chi connectivity index (χ0v) is 8.75. The van der Waals surface area contributed by atoms with E-state index in [9.17, 15) is 9.18 Å². The molecule has 1 rings (SSSR count). The maximum absolute atomic E-state index is 13.3. The fourth-order valence-electron chi connectivity index (χ4n) is 1.45. The predicted octanol–water partition coefficient (Wildman–Crippen LogP) is 1.72. The summed E-state index contributed by atoms with van der Waals surface area (Å²) in [7, 11) is 0. The molecular weight excluding hydrogens is 197 g/mol. The molecule has 1 aromatic carbocycles. The van der Waals surface area contributed by atoms with Crippen LogP contribution in [0.3, 0.4) is 0 Å². The highest BCUT2D eigenvalue weighted by Gasteiger charge is 2.13. The van der Waals surface area contributed by atoms with Crippen LogP contribution in [0.5, 0.6) is 0 Å². The second-order valence-corrected chi connectivity index (χ2v) is 3.74. The van der Waals surface area contributed by atoms with E-state index in [2.05, 4.69) is 0 Å². The third kappa shape index (κ3) is 2.76. The molecule has 15 heavy (non-hydrogen) atoms. The summed E-state index contributed by atoms with van der Waals surface area (Å²) >= 11 is 0. The minimum absolute atomic E-state index is 0.00523. The van der Waals surface area contributed by atoms with Crippen LogP contribution in [0.15, 0.2) is 12.1 Å². The van der Waals surface area contributed by atoms with Crippen LogP contribution in [0.25, 0.3) is 0 Å². The quantitative estimate of drug-likeness (QED) is 0.800. The van der Waals surface area contributed by atoms with Gasteiger partial charge in [-0.15, -0.1) is 0 Å². The number of halogens is 1. The molecule has 0 amide bonds. The van der Waals surface area contributed by atoms with Crippen LogP contribution in [0.2, 0.25) is 0 Å². The summed E-state index contributed by atoms with van der Waals surface area (Å²) < 4.78 is 13.3. The normalized spacial score (nSPS) is 12.5. The molecule has 3 N–H and O–H groups in total. The third-order valence-corrected chi connectivity index (χ3v) is 2.19. The van der Waals surface area contributed by atoms with Crippen molar-refractivity contribution < 1.29 is 14.3 Å². The van der Waals surface area contributed by atoms with E-state index in [1.54, 1.807) is 6.92 Å². The van der Waals surface area contributed by atoms with Gasteiger partial charge in [0, 0.05) is 6.04 Å². The van der Waals surface area contributed by atoms with Crippen LogP contribution in [-0.2, 0) is 6.42 Å². The molecule has 82 valence electrons. The van der Waals surface area contributed by atoms with Gasteiger partial charge in [-0.05, 0) is 43.5 Å². The van der Waals surface area contributed by atoms with Gasteiger partial charge in [0.1, 0.15) is 5.82 Å². The molecule has 0 spiro atoms. The second-order valence-electron chi connectivity index (χ2n) is 3.74. The van der Waals surface area contributed by atoms with Gasteiger partial charge in [-0.3, -0.25) is 0 Å². The fourth-order valence-corrected chi connectivity index (χ4v) is 1.45. The summed E-state index contributed by atoms with van der Waals surface area (Å²) in [5.41, 5.74) is 6.35. The number of hydrogen-bond acceptors (Lipinski definition) is 2. The molecule has 3 nitrogen and oxygen atoms in total. The smallest absolute Gasteiger partial charge is 0.336 e. The molecule has 0 aliphatic rings. The molecule has 0 aliphatic carbocycles. The Hall–Kier alpha value is -1.42. The van der Waals surface area contributed by atoms with E-state index in [1.807, 2.05) is 0 Å². The van der Waals surface area contributed by atoms with E-state index < -0.39 is 11.8 Å². The Bertz CT molecular complexity index is 388. The number of benzene rings is 1. The molecule has 0 radical (unpaired) electrons. The lowest BCUT2D eigenvalue weighted by Crippen LogP contribution is -2.18. The Morgan fingerprint density at radius 3 is 2.67 bits per heavy atom. The number of aromatic carboxylic acids is 1. The van der Waals surface area contributed by atoms with Crippen molar-refractivity contribution in [2.45, 2.75) is 26.3 Å². The molecule has 1 atom stereocenters. The highest BCUT2D eigenvalue weighted by Crippen LogP contribution is 2.16. The molecule has 0 saturated carbocycles. The van der Waals surface area contributed by atoms with Gasteiger partial charge in [0.2, 0.25) is 0 Å².